The van der Waals surface area contributed by atoms with Crippen molar-refractivity contribution in [2.75, 3.05) is 5.73 Å². The van der Waals surface area contributed by atoms with Gasteiger partial charge in [-0.3, -0.25) is 0 Å². The summed E-state index contributed by atoms with van der Waals surface area (Å²) in [6, 6.07) is 12.5. The maximum absolute atomic E-state index is 13.3. The highest BCUT2D eigenvalue weighted by molar-refractivity contribution is 7.99. The number of hydrogen-bond acceptors (Lipinski definition) is 3. The number of nitrogens with zero attached hydrogens (tertiary/aromatic N) is 1. The Balaban J connectivity index is 1.99. The van der Waals surface area contributed by atoms with Gasteiger partial charge in [-0.2, -0.15) is 0 Å². The largest absolute Gasteiger partial charge is 0.395 e. The quantitative estimate of drug-likeness (QED) is 0.693. The van der Waals surface area contributed by atoms with Crippen LogP contribution in [0, 0.1) is 5.82 Å². The van der Waals surface area contributed by atoms with E-state index < -0.39 is 5.82 Å². The molecule has 0 amide bonds. The van der Waals surface area contributed by atoms with Crippen LogP contribution in [0.3, 0.4) is 0 Å². The van der Waals surface area contributed by atoms with Gasteiger partial charge in [0.2, 0.25) is 0 Å². The summed E-state index contributed by atoms with van der Waals surface area (Å²) in [6.45, 7) is 0. The monoisotopic (exact) mass is 259 g/mol. The fourth-order valence-electron chi connectivity index (χ4n) is 1.69. The minimum absolute atomic E-state index is 0.156. The molecule has 3 rings (SSSR count). The number of halogens is 1. The standard InChI is InChI=1S/C13H10FN3S/c14-8-4-3-7-11(12(8)15)18-13-16-9-5-1-2-6-10(9)17-13/h1-7H,15H2,(H,16,17). The highest BCUT2D eigenvalue weighted by Crippen LogP contribution is 2.32. The first-order valence-electron chi connectivity index (χ1n) is 5.40. The zero-order valence-corrected chi connectivity index (χ0v) is 10.2. The van der Waals surface area contributed by atoms with Crippen molar-refractivity contribution >= 4 is 28.5 Å². The molecule has 0 saturated heterocycles. The first-order valence-corrected chi connectivity index (χ1v) is 6.22. The third kappa shape index (κ3) is 1.93. The van der Waals surface area contributed by atoms with Crippen molar-refractivity contribution in [3.8, 4) is 0 Å². The van der Waals surface area contributed by atoms with Crippen molar-refractivity contribution in [2.24, 2.45) is 0 Å². The van der Waals surface area contributed by atoms with E-state index in [1.165, 1.54) is 17.8 Å². The Hall–Kier alpha value is -2.01. The second-order valence-electron chi connectivity index (χ2n) is 3.81. The van der Waals surface area contributed by atoms with Crippen molar-refractivity contribution in [3.63, 3.8) is 0 Å². The summed E-state index contributed by atoms with van der Waals surface area (Å²) in [7, 11) is 0. The van der Waals surface area contributed by atoms with Gasteiger partial charge in [0.15, 0.2) is 5.16 Å². The summed E-state index contributed by atoms with van der Waals surface area (Å²) in [5.41, 5.74) is 7.68. The number of hydrogen-bond donors (Lipinski definition) is 2. The second kappa shape index (κ2) is 4.34. The minimum atomic E-state index is -0.406. The van der Waals surface area contributed by atoms with Gasteiger partial charge in [0, 0.05) is 4.90 Å². The summed E-state index contributed by atoms with van der Waals surface area (Å²) in [5.74, 6) is -0.406. The molecule has 0 aliphatic carbocycles. The predicted molar refractivity (Wildman–Crippen MR) is 71.0 cm³/mol. The van der Waals surface area contributed by atoms with Crippen LogP contribution in [0.15, 0.2) is 52.5 Å². The van der Waals surface area contributed by atoms with Crippen molar-refractivity contribution in [1.29, 1.82) is 0 Å². The number of anilines is 1. The molecule has 0 aliphatic heterocycles. The summed E-state index contributed by atoms with van der Waals surface area (Å²) in [4.78, 5) is 8.23. The van der Waals surface area contributed by atoms with Crippen molar-refractivity contribution in [2.45, 2.75) is 10.1 Å². The highest BCUT2D eigenvalue weighted by Gasteiger charge is 2.09. The molecule has 0 atom stereocenters. The van der Waals surface area contributed by atoms with Gasteiger partial charge in [-0.25, -0.2) is 9.37 Å². The van der Waals surface area contributed by atoms with Gasteiger partial charge in [0.25, 0.3) is 0 Å². The summed E-state index contributed by atoms with van der Waals surface area (Å²) >= 11 is 1.32. The van der Waals surface area contributed by atoms with Gasteiger partial charge in [0.05, 0.1) is 16.7 Å². The third-order valence-electron chi connectivity index (χ3n) is 2.59. The molecule has 18 heavy (non-hydrogen) atoms. The highest BCUT2D eigenvalue weighted by atomic mass is 32.2. The van der Waals surface area contributed by atoms with Crippen LogP contribution in [0.5, 0.6) is 0 Å². The van der Waals surface area contributed by atoms with Crippen molar-refractivity contribution in [3.05, 3.63) is 48.3 Å². The molecule has 0 unspecified atom stereocenters. The van der Waals surface area contributed by atoms with Crippen LogP contribution in [-0.4, -0.2) is 9.97 Å². The fourth-order valence-corrected chi connectivity index (χ4v) is 2.56. The third-order valence-corrected chi connectivity index (χ3v) is 3.55. The number of aromatic nitrogens is 2. The van der Waals surface area contributed by atoms with Crippen LogP contribution < -0.4 is 5.73 Å². The SMILES string of the molecule is Nc1c(F)cccc1Sc1nc2ccccc2[nH]1. The molecule has 1 heterocycles. The summed E-state index contributed by atoms with van der Waals surface area (Å²) < 4.78 is 13.3. The molecule has 0 radical (unpaired) electrons. The van der Waals surface area contributed by atoms with E-state index in [1.807, 2.05) is 24.3 Å². The Labute approximate surface area is 107 Å². The molecule has 0 bridgehead atoms. The summed E-state index contributed by atoms with van der Waals surface area (Å²) in [5, 5.41) is 0.702. The Morgan fingerprint density at radius 3 is 2.78 bits per heavy atom. The Bertz CT molecular complexity index is 675. The predicted octanol–water partition coefficient (Wildman–Crippen LogP) is 3.44. The Morgan fingerprint density at radius 1 is 1.11 bits per heavy atom. The number of benzene rings is 2. The first kappa shape index (κ1) is 11.1. The maximum atomic E-state index is 13.3. The van der Waals surface area contributed by atoms with E-state index in [0.29, 0.717) is 10.1 Å². The molecular formula is C13H10FN3S. The van der Waals surface area contributed by atoms with Crippen LogP contribution in [0.25, 0.3) is 11.0 Å². The average molecular weight is 259 g/mol. The van der Waals surface area contributed by atoms with Gasteiger partial charge < -0.3 is 10.7 Å². The van der Waals surface area contributed by atoms with Crippen molar-refractivity contribution < 1.29 is 4.39 Å². The van der Waals surface area contributed by atoms with Gasteiger partial charge in [-0.1, -0.05) is 18.2 Å². The molecule has 90 valence electrons. The number of rotatable bonds is 2. The molecular weight excluding hydrogens is 249 g/mol. The van der Waals surface area contributed by atoms with Crippen LogP contribution in [0.1, 0.15) is 0 Å². The van der Waals surface area contributed by atoms with Crippen LogP contribution in [0.4, 0.5) is 10.1 Å². The number of imidazole rings is 1. The second-order valence-corrected chi connectivity index (χ2v) is 4.84. The molecule has 0 spiro atoms. The Kier molecular flexibility index (Phi) is 2.68. The van der Waals surface area contributed by atoms with E-state index in [4.69, 9.17) is 5.73 Å². The molecule has 0 aliphatic rings. The zero-order chi connectivity index (χ0) is 12.5. The Morgan fingerprint density at radius 2 is 1.94 bits per heavy atom. The number of H-pyrrole nitrogens is 1. The number of nitrogens with two attached hydrogens (primary N) is 1. The number of aromatic amines is 1. The fraction of sp³-hybridized carbons (Fsp3) is 0. The lowest BCUT2D eigenvalue weighted by atomic mass is 10.3. The van der Waals surface area contributed by atoms with E-state index in [2.05, 4.69) is 9.97 Å². The molecule has 0 fully saturated rings. The minimum Gasteiger partial charge on any atom is -0.395 e. The van der Waals surface area contributed by atoms with Gasteiger partial charge >= 0.3 is 0 Å². The van der Waals surface area contributed by atoms with E-state index in [1.54, 1.807) is 12.1 Å². The number of para-hydroxylation sites is 3. The van der Waals surface area contributed by atoms with E-state index in [0.717, 1.165) is 11.0 Å². The van der Waals surface area contributed by atoms with Gasteiger partial charge in [-0.05, 0) is 36.0 Å². The zero-order valence-electron chi connectivity index (χ0n) is 9.35. The molecule has 2 aromatic carbocycles. The summed E-state index contributed by atoms with van der Waals surface area (Å²) in [6.07, 6.45) is 0. The normalized spacial score (nSPS) is 10.9. The number of fused-ring (bicyclic) bond motifs is 1. The lowest BCUT2D eigenvalue weighted by Gasteiger charge is -2.03. The van der Waals surface area contributed by atoms with E-state index in [9.17, 15) is 4.39 Å². The van der Waals surface area contributed by atoms with E-state index >= 15 is 0 Å². The number of nitrogen functional groups attached to an aromatic ring is 1. The lowest BCUT2D eigenvalue weighted by Crippen LogP contribution is -1.92. The molecule has 3 nitrogen and oxygen atoms in total. The molecule has 5 heteroatoms. The smallest absolute Gasteiger partial charge is 0.171 e. The molecule has 3 N–H and O–H groups in total. The lowest BCUT2D eigenvalue weighted by molar-refractivity contribution is 0.629. The van der Waals surface area contributed by atoms with Crippen LogP contribution >= 0.6 is 11.8 Å². The number of nitrogens with one attached hydrogen (secondary N) is 1. The molecule has 0 saturated carbocycles. The van der Waals surface area contributed by atoms with Gasteiger partial charge in [0.1, 0.15) is 5.82 Å². The van der Waals surface area contributed by atoms with Crippen LogP contribution in [0.2, 0.25) is 0 Å². The van der Waals surface area contributed by atoms with E-state index in [-0.39, 0.29) is 5.69 Å². The molecule has 3 aromatic rings. The first-order chi connectivity index (χ1) is 8.74. The van der Waals surface area contributed by atoms with Crippen molar-refractivity contribution in [1.82, 2.24) is 9.97 Å². The maximum Gasteiger partial charge on any atom is 0.171 e. The average Bonchev–Trinajstić information content (AvgIpc) is 2.77. The van der Waals surface area contributed by atoms with Gasteiger partial charge in [-0.15, -0.1) is 0 Å². The van der Waals surface area contributed by atoms with Crippen LogP contribution in [-0.2, 0) is 0 Å². The topological polar surface area (TPSA) is 54.7 Å². The molecule has 1 aromatic heterocycles.